The predicted octanol–water partition coefficient (Wildman–Crippen LogP) is 23.3. The predicted molar refractivity (Wildman–Crippen MR) is 395 cm³/mol. The largest absolute Gasteiger partial charge is 0.472 e. The van der Waals surface area contributed by atoms with Crippen LogP contribution in [0.4, 0.5) is 0 Å². The van der Waals surface area contributed by atoms with Gasteiger partial charge in [0.1, 0.15) is 19.3 Å². The van der Waals surface area contributed by atoms with E-state index in [1.54, 1.807) is 0 Å². The van der Waals surface area contributed by atoms with Crippen LogP contribution in [0.2, 0.25) is 0 Å². The van der Waals surface area contributed by atoms with E-state index in [2.05, 4.69) is 34.6 Å². The molecule has 17 nitrogen and oxygen atoms in total. The summed E-state index contributed by atoms with van der Waals surface area (Å²) in [7, 11) is -9.91. The van der Waals surface area contributed by atoms with Gasteiger partial charge in [-0.15, -0.1) is 0 Å². The number of hydrogen-bond donors (Lipinski definition) is 3. The third kappa shape index (κ3) is 72.2. The van der Waals surface area contributed by atoms with Crippen LogP contribution in [-0.2, 0) is 65.4 Å². The third-order valence-electron chi connectivity index (χ3n) is 18.3. The maximum absolute atomic E-state index is 13.1. The SMILES string of the molecule is CCCCCCCCCCCCCCCCCCCCCCCCC(=O)O[C@H](COC(=O)CCCCCCCCCCCCCCC)COP(=O)(O)OC[C@@H](O)COP(=O)(O)OC[C@@H](COC(=O)CCCCCCCCCCCC)OC(=O)CCCCCCCCCCCC(C)C. The van der Waals surface area contributed by atoms with Crippen LogP contribution < -0.4 is 0 Å². The van der Waals surface area contributed by atoms with Crippen molar-refractivity contribution in [3.63, 3.8) is 0 Å². The Bertz CT molecular complexity index is 1860. The zero-order valence-corrected chi connectivity index (χ0v) is 65.0. The number of phosphoric acid groups is 2. The van der Waals surface area contributed by atoms with E-state index >= 15 is 0 Å². The summed E-state index contributed by atoms with van der Waals surface area (Å²) in [6.45, 7) is 7.27. The molecule has 5 atom stereocenters. The number of rotatable bonds is 78. The first-order valence-electron chi connectivity index (χ1n) is 40.6. The normalized spacial score (nSPS) is 13.9. The quantitative estimate of drug-likeness (QED) is 0.0222. The van der Waals surface area contributed by atoms with Crippen LogP contribution in [0.25, 0.3) is 0 Å². The molecule has 0 aliphatic heterocycles. The smallest absolute Gasteiger partial charge is 0.462 e. The minimum Gasteiger partial charge on any atom is -0.462 e. The molecule has 19 heteroatoms. The fourth-order valence-electron chi connectivity index (χ4n) is 12.1. The lowest BCUT2D eigenvalue weighted by Gasteiger charge is -2.21. The highest BCUT2D eigenvalue weighted by Gasteiger charge is 2.30. The van der Waals surface area contributed by atoms with E-state index in [0.717, 1.165) is 95.8 Å². The molecule has 0 heterocycles. The van der Waals surface area contributed by atoms with Gasteiger partial charge in [-0.25, -0.2) is 9.13 Å². The number of ether oxygens (including phenoxy) is 4. The molecule has 0 saturated heterocycles. The summed E-state index contributed by atoms with van der Waals surface area (Å²) in [5.41, 5.74) is 0. The molecule has 3 N–H and O–H groups in total. The first kappa shape index (κ1) is 95.1. The Morgan fingerprint density at radius 1 is 0.278 bits per heavy atom. The molecule has 0 spiro atoms. The Morgan fingerprint density at radius 2 is 0.474 bits per heavy atom. The molecule has 0 rings (SSSR count). The van der Waals surface area contributed by atoms with Crippen molar-refractivity contribution in [3.05, 3.63) is 0 Å². The third-order valence-corrected chi connectivity index (χ3v) is 20.2. The van der Waals surface area contributed by atoms with Crippen molar-refractivity contribution in [3.8, 4) is 0 Å². The van der Waals surface area contributed by atoms with E-state index in [1.165, 1.54) is 238 Å². The first-order valence-corrected chi connectivity index (χ1v) is 43.6. The van der Waals surface area contributed by atoms with E-state index in [0.29, 0.717) is 25.7 Å². The molecule has 97 heavy (non-hydrogen) atoms. The number of carbonyl (C=O) groups is 4. The minimum absolute atomic E-state index is 0.106. The van der Waals surface area contributed by atoms with Crippen LogP contribution in [-0.4, -0.2) is 96.7 Å². The second-order valence-electron chi connectivity index (χ2n) is 28.6. The van der Waals surface area contributed by atoms with E-state index in [-0.39, 0.29) is 25.7 Å². The van der Waals surface area contributed by atoms with E-state index < -0.39 is 97.5 Å². The summed E-state index contributed by atoms with van der Waals surface area (Å²) in [4.78, 5) is 72.8. The van der Waals surface area contributed by atoms with Crippen LogP contribution in [0.3, 0.4) is 0 Å². The molecular formula is C78H152O17P2. The van der Waals surface area contributed by atoms with Crippen LogP contribution in [0.1, 0.15) is 413 Å². The lowest BCUT2D eigenvalue weighted by molar-refractivity contribution is -0.161. The Hall–Kier alpha value is -1.94. The van der Waals surface area contributed by atoms with Gasteiger partial charge in [-0.05, 0) is 31.6 Å². The molecule has 0 amide bonds. The van der Waals surface area contributed by atoms with Crippen LogP contribution >= 0.6 is 15.6 Å². The molecule has 576 valence electrons. The number of esters is 4. The van der Waals surface area contributed by atoms with Crippen molar-refractivity contribution < 1.29 is 80.2 Å². The molecule has 0 aliphatic rings. The fourth-order valence-corrected chi connectivity index (χ4v) is 13.6. The standard InChI is InChI=1S/C78H152O17P2/c1-6-9-12-15-18-21-24-26-27-28-29-30-31-32-33-34-36-38-43-48-53-58-63-77(82)94-73(68-89-76(81)62-57-52-47-42-37-35-25-22-19-16-13-10-7-2)69-92-96(84,85)90-65-72(79)66-91-97(86,87)93-70-74(67-88-75(80)61-56-51-46-41-23-20-17-14-11-8-3)95-78(83)64-59-54-49-44-39-40-45-50-55-60-71(4)5/h71-74,79H,6-70H2,1-5H3,(H,84,85)(H,86,87)/t72-,73-,74-/m1/s1. The second-order valence-corrected chi connectivity index (χ2v) is 31.5. The second kappa shape index (κ2) is 71.1. The molecule has 0 bridgehead atoms. The average molecular weight is 1420 g/mol. The molecule has 0 aromatic heterocycles. The summed E-state index contributed by atoms with van der Waals surface area (Å²) >= 11 is 0. The Morgan fingerprint density at radius 3 is 0.701 bits per heavy atom. The Labute approximate surface area is 594 Å². The molecule has 0 saturated carbocycles. The van der Waals surface area contributed by atoms with Crippen molar-refractivity contribution >= 4 is 39.5 Å². The van der Waals surface area contributed by atoms with Gasteiger partial charge in [-0.1, -0.05) is 362 Å². The van der Waals surface area contributed by atoms with Crippen LogP contribution in [0.5, 0.6) is 0 Å². The molecule has 0 radical (unpaired) electrons. The Kier molecular flexibility index (Phi) is 69.6. The van der Waals surface area contributed by atoms with Gasteiger partial charge in [0, 0.05) is 25.7 Å². The van der Waals surface area contributed by atoms with Crippen molar-refractivity contribution in [2.24, 2.45) is 5.92 Å². The molecule has 0 aromatic rings. The van der Waals surface area contributed by atoms with Crippen molar-refractivity contribution in [1.29, 1.82) is 0 Å². The van der Waals surface area contributed by atoms with Gasteiger partial charge < -0.3 is 33.8 Å². The van der Waals surface area contributed by atoms with E-state index in [9.17, 15) is 43.2 Å². The zero-order chi connectivity index (χ0) is 71.2. The number of carbonyl (C=O) groups excluding carboxylic acids is 4. The average Bonchev–Trinajstić information content (AvgIpc) is 2.15. The highest BCUT2D eigenvalue weighted by Crippen LogP contribution is 2.45. The van der Waals surface area contributed by atoms with E-state index in [1.807, 2.05) is 0 Å². The zero-order valence-electron chi connectivity index (χ0n) is 63.2. The van der Waals surface area contributed by atoms with Crippen LogP contribution in [0.15, 0.2) is 0 Å². The molecule has 0 aromatic carbocycles. The van der Waals surface area contributed by atoms with Crippen molar-refractivity contribution in [2.45, 2.75) is 432 Å². The summed E-state index contributed by atoms with van der Waals surface area (Å²) in [5.74, 6) is -1.38. The highest BCUT2D eigenvalue weighted by atomic mass is 31.2. The highest BCUT2D eigenvalue weighted by molar-refractivity contribution is 7.47. The van der Waals surface area contributed by atoms with Crippen LogP contribution in [0, 0.1) is 5.92 Å². The topological polar surface area (TPSA) is 237 Å². The number of phosphoric ester groups is 2. The van der Waals surface area contributed by atoms with Gasteiger partial charge in [-0.3, -0.25) is 37.3 Å². The summed E-state index contributed by atoms with van der Waals surface area (Å²) in [5, 5.41) is 10.6. The summed E-state index contributed by atoms with van der Waals surface area (Å²) in [6, 6.07) is 0. The molecule has 0 aliphatic carbocycles. The number of unbranched alkanes of at least 4 members (excludes halogenated alkanes) is 50. The maximum Gasteiger partial charge on any atom is 0.472 e. The molecular weight excluding hydrogens is 1270 g/mol. The van der Waals surface area contributed by atoms with E-state index in [4.69, 9.17) is 37.0 Å². The number of hydrogen-bond acceptors (Lipinski definition) is 15. The monoisotopic (exact) mass is 1420 g/mol. The molecule has 2 unspecified atom stereocenters. The first-order chi connectivity index (χ1) is 47.0. The van der Waals surface area contributed by atoms with Gasteiger partial charge in [0.25, 0.3) is 0 Å². The Balaban J connectivity index is 5.18. The van der Waals surface area contributed by atoms with Crippen molar-refractivity contribution in [1.82, 2.24) is 0 Å². The fraction of sp³-hybridized carbons (Fsp3) is 0.949. The number of aliphatic hydroxyl groups excluding tert-OH is 1. The van der Waals surface area contributed by atoms with Crippen molar-refractivity contribution in [2.75, 3.05) is 39.6 Å². The van der Waals surface area contributed by atoms with Gasteiger partial charge in [-0.2, -0.15) is 0 Å². The lowest BCUT2D eigenvalue weighted by atomic mass is 10.0. The van der Waals surface area contributed by atoms with Gasteiger partial charge in [0.05, 0.1) is 26.4 Å². The maximum atomic E-state index is 13.1. The van der Waals surface area contributed by atoms with Gasteiger partial charge in [0.2, 0.25) is 0 Å². The summed E-state index contributed by atoms with van der Waals surface area (Å²) < 4.78 is 68.5. The minimum atomic E-state index is -4.96. The van der Waals surface area contributed by atoms with Gasteiger partial charge in [0.15, 0.2) is 12.2 Å². The number of aliphatic hydroxyl groups is 1. The lowest BCUT2D eigenvalue weighted by Crippen LogP contribution is -2.30. The van der Waals surface area contributed by atoms with Gasteiger partial charge >= 0.3 is 39.5 Å². The summed E-state index contributed by atoms with van der Waals surface area (Å²) in [6.07, 6.45) is 61.1. The molecule has 0 fully saturated rings.